The van der Waals surface area contributed by atoms with E-state index in [1.165, 1.54) is 18.2 Å². The van der Waals surface area contributed by atoms with Crippen molar-refractivity contribution in [3.63, 3.8) is 0 Å². The second-order valence-corrected chi connectivity index (χ2v) is 7.60. The molecule has 0 atom stereocenters. The van der Waals surface area contributed by atoms with Gasteiger partial charge in [0.2, 0.25) is 5.91 Å². The molecule has 2 rings (SSSR count). The zero-order chi connectivity index (χ0) is 22.9. The third-order valence-electron chi connectivity index (χ3n) is 5.55. The van der Waals surface area contributed by atoms with E-state index >= 15 is 0 Å². The molecule has 0 saturated carbocycles. The Kier molecular flexibility index (Phi) is 9.45. The molecule has 1 aromatic carbocycles. The van der Waals surface area contributed by atoms with Crippen molar-refractivity contribution in [2.75, 3.05) is 33.3 Å². The Morgan fingerprint density at radius 1 is 1.23 bits per heavy atom. The number of amides is 1. The number of benzene rings is 1. The van der Waals surface area contributed by atoms with Crippen molar-refractivity contribution in [2.24, 2.45) is 10.9 Å². The molecule has 1 aliphatic rings. The number of para-hydroxylation sites is 1. The molecule has 1 saturated heterocycles. The fourth-order valence-corrected chi connectivity index (χ4v) is 3.69. The van der Waals surface area contributed by atoms with E-state index in [-0.39, 0.29) is 30.2 Å². The van der Waals surface area contributed by atoms with Gasteiger partial charge in [0.05, 0.1) is 12.1 Å². The van der Waals surface area contributed by atoms with E-state index in [0.717, 1.165) is 31.7 Å². The standard InChI is InChI=1S/C22H33F3N4O2/c1-4-16(5-2)20(30)29-13-10-17(11-14-29)28-21(26-3)27-12-15-31-19-9-7-6-8-18(19)22(23,24)25/h6-9,16-17H,4-5,10-15H2,1-3H3,(H2,26,27,28). The summed E-state index contributed by atoms with van der Waals surface area (Å²) in [5.74, 6) is 0.718. The quantitative estimate of drug-likeness (QED) is 0.366. The number of carbonyl (C=O) groups is 1. The van der Waals surface area contributed by atoms with E-state index in [1.807, 2.05) is 18.7 Å². The lowest BCUT2D eigenvalue weighted by Gasteiger charge is -2.34. The van der Waals surface area contributed by atoms with Gasteiger partial charge in [-0.3, -0.25) is 9.79 Å². The molecule has 6 nitrogen and oxygen atoms in total. The third kappa shape index (κ3) is 7.33. The predicted octanol–water partition coefficient (Wildman–Crippen LogP) is 3.68. The van der Waals surface area contributed by atoms with Crippen molar-refractivity contribution in [1.29, 1.82) is 0 Å². The summed E-state index contributed by atoms with van der Waals surface area (Å²) < 4.78 is 44.4. The summed E-state index contributed by atoms with van der Waals surface area (Å²) in [7, 11) is 1.64. The van der Waals surface area contributed by atoms with Crippen LogP contribution < -0.4 is 15.4 Å². The summed E-state index contributed by atoms with van der Waals surface area (Å²) in [5.41, 5.74) is -0.785. The Morgan fingerprint density at radius 2 is 1.87 bits per heavy atom. The topological polar surface area (TPSA) is 66.0 Å². The van der Waals surface area contributed by atoms with E-state index in [9.17, 15) is 18.0 Å². The number of guanidine groups is 1. The minimum atomic E-state index is -4.45. The first kappa shape index (κ1) is 24.8. The largest absolute Gasteiger partial charge is 0.491 e. The minimum absolute atomic E-state index is 0.0656. The van der Waals surface area contributed by atoms with Crippen LogP contribution in [0.4, 0.5) is 13.2 Å². The molecule has 0 aromatic heterocycles. The molecule has 1 heterocycles. The van der Waals surface area contributed by atoms with Gasteiger partial charge in [-0.05, 0) is 37.8 Å². The lowest BCUT2D eigenvalue weighted by molar-refractivity contribution is -0.139. The fourth-order valence-electron chi connectivity index (χ4n) is 3.69. The minimum Gasteiger partial charge on any atom is -0.491 e. The molecule has 0 aliphatic carbocycles. The smallest absolute Gasteiger partial charge is 0.419 e. The first-order valence-electron chi connectivity index (χ1n) is 10.8. The molecule has 0 spiro atoms. The van der Waals surface area contributed by atoms with Gasteiger partial charge in [0.25, 0.3) is 0 Å². The zero-order valence-corrected chi connectivity index (χ0v) is 18.5. The summed E-state index contributed by atoms with van der Waals surface area (Å²) in [6.45, 7) is 5.87. The van der Waals surface area contributed by atoms with Gasteiger partial charge in [0.1, 0.15) is 12.4 Å². The molecule has 2 N–H and O–H groups in total. The van der Waals surface area contributed by atoms with Crippen molar-refractivity contribution in [2.45, 2.75) is 51.7 Å². The molecule has 9 heteroatoms. The Hall–Kier alpha value is -2.45. The van der Waals surface area contributed by atoms with Gasteiger partial charge >= 0.3 is 6.18 Å². The lowest BCUT2D eigenvalue weighted by Crippen LogP contribution is -2.51. The number of nitrogens with one attached hydrogen (secondary N) is 2. The highest BCUT2D eigenvalue weighted by atomic mass is 19.4. The number of likely N-dealkylation sites (tertiary alicyclic amines) is 1. The normalized spacial score (nSPS) is 15.8. The number of hydrogen-bond donors (Lipinski definition) is 2. The maximum atomic E-state index is 13.0. The van der Waals surface area contributed by atoms with Gasteiger partial charge in [-0.25, -0.2) is 0 Å². The monoisotopic (exact) mass is 442 g/mol. The summed E-state index contributed by atoms with van der Waals surface area (Å²) in [6.07, 6.45) is -1.09. The zero-order valence-electron chi connectivity index (χ0n) is 18.5. The van der Waals surface area contributed by atoms with Crippen molar-refractivity contribution in [3.8, 4) is 5.75 Å². The molecule has 1 amide bonds. The Labute approximate surface area is 182 Å². The average Bonchev–Trinajstić information content (AvgIpc) is 2.76. The molecular weight excluding hydrogens is 409 g/mol. The number of nitrogens with zero attached hydrogens (tertiary/aromatic N) is 2. The van der Waals surface area contributed by atoms with Crippen molar-refractivity contribution in [3.05, 3.63) is 29.8 Å². The van der Waals surface area contributed by atoms with E-state index in [4.69, 9.17) is 4.74 Å². The molecule has 1 fully saturated rings. The molecular formula is C22H33F3N4O2. The van der Waals surface area contributed by atoms with Gasteiger partial charge in [0.15, 0.2) is 5.96 Å². The molecule has 174 valence electrons. The highest BCUT2D eigenvalue weighted by Gasteiger charge is 2.34. The van der Waals surface area contributed by atoms with Crippen LogP contribution in [0.15, 0.2) is 29.3 Å². The predicted molar refractivity (Wildman–Crippen MR) is 115 cm³/mol. The summed E-state index contributed by atoms with van der Waals surface area (Å²) in [4.78, 5) is 18.6. The van der Waals surface area contributed by atoms with Crippen LogP contribution >= 0.6 is 0 Å². The first-order valence-corrected chi connectivity index (χ1v) is 10.8. The maximum Gasteiger partial charge on any atom is 0.419 e. The third-order valence-corrected chi connectivity index (χ3v) is 5.55. The van der Waals surface area contributed by atoms with E-state index in [0.29, 0.717) is 25.6 Å². The number of piperidine rings is 1. The van der Waals surface area contributed by atoms with Crippen molar-refractivity contribution < 1.29 is 22.7 Å². The van der Waals surface area contributed by atoms with Gasteiger partial charge in [-0.1, -0.05) is 26.0 Å². The highest BCUT2D eigenvalue weighted by molar-refractivity contribution is 5.80. The van der Waals surface area contributed by atoms with E-state index < -0.39 is 11.7 Å². The number of aliphatic imine (C=N–C) groups is 1. The maximum absolute atomic E-state index is 13.0. The second-order valence-electron chi connectivity index (χ2n) is 7.60. The van der Waals surface area contributed by atoms with Crippen LogP contribution in [0.25, 0.3) is 0 Å². The number of carbonyl (C=O) groups excluding carboxylic acids is 1. The molecule has 0 unspecified atom stereocenters. The van der Waals surface area contributed by atoms with E-state index in [1.54, 1.807) is 7.05 Å². The van der Waals surface area contributed by atoms with Gasteiger partial charge in [-0.2, -0.15) is 13.2 Å². The average molecular weight is 443 g/mol. The number of alkyl halides is 3. The highest BCUT2D eigenvalue weighted by Crippen LogP contribution is 2.35. The van der Waals surface area contributed by atoms with E-state index in [2.05, 4.69) is 15.6 Å². The summed E-state index contributed by atoms with van der Waals surface area (Å²) >= 11 is 0. The number of rotatable bonds is 8. The molecule has 0 bridgehead atoms. The van der Waals surface area contributed by atoms with Crippen LogP contribution in [0.2, 0.25) is 0 Å². The van der Waals surface area contributed by atoms with Crippen LogP contribution in [-0.2, 0) is 11.0 Å². The Bertz CT molecular complexity index is 728. The fraction of sp³-hybridized carbons (Fsp3) is 0.636. The number of ether oxygens (including phenoxy) is 1. The molecule has 0 radical (unpaired) electrons. The first-order chi connectivity index (χ1) is 14.8. The van der Waals surface area contributed by atoms with Crippen molar-refractivity contribution >= 4 is 11.9 Å². The van der Waals surface area contributed by atoms with Crippen LogP contribution in [-0.4, -0.2) is 56.1 Å². The Balaban J connectivity index is 1.75. The summed E-state index contributed by atoms with van der Waals surface area (Å²) in [5, 5.41) is 6.39. The van der Waals surface area contributed by atoms with Crippen LogP contribution in [0.1, 0.15) is 45.1 Å². The van der Waals surface area contributed by atoms with Gasteiger partial charge in [-0.15, -0.1) is 0 Å². The molecule has 31 heavy (non-hydrogen) atoms. The number of halogens is 3. The van der Waals surface area contributed by atoms with Crippen LogP contribution in [0.5, 0.6) is 5.75 Å². The number of hydrogen-bond acceptors (Lipinski definition) is 3. The van der Waals surface area contributed by atoms with Crippen LogP contribution in [0.3, 0.4) is 0 Å². The van der Waals surface area contributed by atoms with Gasteiger partial charge < -0.3 is 20.3 Å². The van der Waals surface area contributed by atoms with Crippen LogP contribution in [0, 0.1) is 5.92 Å². The summed E-state index contributed by atoms with van der Waals surface area (Å²) in [6, 6.07) is 5.35. The molecule has 1 aliphatic heterocycles. The lowest BCUT2D eigenvalue weighted by atomic mass is 9.98. The second kappa shape index (κ2) is 11.8. The van der Waals surface area contributed by atoms with Crippen molar-refractivity contribution in [1.82, 2.24) is 15.5 Å². The Morgan fingerprint density at radius 3 is 2.45 bits per heavy atom. The SMILES string of the molecule is CCC(CC)C(=O)N1CCC(NC(=NC)NCCOc2ccccc2C(F)(F)F)CC1. The molecule has 1 aromatic rings. The van der Waals surface area contributed by atoms with Gasteiger partial charge in [0, 0.05) is 32.1 Å².